The van der Waals surface area contributed by atoms with Gasteiger partial charge in [-0.25, -0.2) is 0 Å². The van der Waals surface area contributed by atoms with Gasteiger partial charge in [0.2, 0.25) is 5.91 Å². The predicted molar refractivity (Wildman–Crippen MR) is 227 cm³/mol. The van der Waals surface area contributed by atoms with Gasteiger partial charge in [-0.1, -0.05) is 86.2 Å². The topological polar surface area (TPSA) is 148 Å². The van der Waals surface area contributed by atoms with E-state index in [1.807, 2.05) is 24.3 Å². The van der Waals surface area contributed by atoms with Crippen molar-refractivity contribution in [2.75, 3.05) is 13.2 Å². The largest absolute Gasteiger partial charge is 0.458 e. The number of amides is 2. The Kier molecular flexibility index (Phi) is 9.65. The SMILES string of the molecule is CC1(C)C[C@@H]2C(=Cc3cccc(CN4O[C@@H]5[C@H]6OC7(Cc8ccccc8C7)O[C@H]6[C@H]6C[C@]5(C(=O)NCc5cccc(C(=O)NCCO)c5)[C@@H]4C(=O)O6)c3)CCC3O[C@]3(C)CC[C@H]21. The minimum Gasteiger partial charge on any atom is -0.458 e. The van der Waals surface area contributed by atoms with Gasteiger partial charge in [0.1, 0.15) is 29.8 Å². The Balaban J connectivity index is 0.890. The number of hydrogen-bond donors (Lipinski definition) is 3. The van der Waals surface area contributed by atoms with Crippen LogP contribution in [0.15, 0.2) is 78.4 Å². The number of aliphatic hydroxyl groups is 1. The van der Waals surface area contributed by atoms with Crippen LogP contribution in [0, 0.1) is 22.7 Å². The van der Waals surface area contributed by atoms with Crippen LogP contribution in [0.3, 0.4) is 0 Å². The average Bonchev–Trinajstić information content (AvgIpc) is 3.52. The minimum absolute atomic E-state index is 0.0233. The first kappa shape index (κ1) is 40.4. The fourth-order valence-electron chi connectivity index (χ4n) is 12.6. The molecule has 4 heterocycles. The molecule has 0 radical (unpaired) electrons. The summed E-state index contributed by atoms with van der Waals surface area (Å²) in [5.41, 5.74) is 5.98. The van der Waals surface area contributed by atoms with Crippen LogP contribution in [-0.2, 0) is 59.3 Å². The molecule has 4 aliphatic heterocycles. The molecule has 7 fully saturated rings. The molecular weight excluding hydrogens is 787 g/mol. The highest BCUT2D eigenvalue weighted by atomic mass is 16.8. The summed E-state index contributed by atoms with van der Waals surface area (Å²) in [7, 11) is 0. The Bertz CT molecular complexity index is 2320. The van der Waals surface area contributed by atoms with Gasteiger partial charge in [-0.3, -0.25) is 19.2 Å². The molecule has 2 bridgehead atoms. The number of benzene rings is 3. The Labute approximate surface area is 362 Å². The first-order valence-electron chi connectivity index (χ1n) is 22.7. The maximum absolute atomic E-state index is 15.0. The molecule has 4 aliphatic carbocycles. The van der Waals surface area contributed by atoms with Crippen LogP contribution in [0.1, 0.15) is 97.5 Å². The second kappa shape index (κ2) is 14.8. The number of carbonyl (C=O) groups excluding carboxylic acids is 3. The smallest absolute Gasteiger partial charge is 0.327 e. The number of nitrogens with one attached hydrogen (secondary N) is 2. The van der Waals surface area contributed by atoms with Crippen LogP contribution in [0.2, 0.25) is 0 Å². The van der Waals surface area contributed by atoms with Crippen LogP contribution in [0.5, 0.6) is 0 Å². The zero-order valence-corrected chi connectivity index (χ0v) is 35.8. The van der Waals surface area contributed by atoms with Crippen molar-refractivity contribution in [1.82, 2.24) is 15.7 Å². The van der Waals surface area contributed by atoms with Crippen molar-refractivity contribution in [3.8, 4) is 0 Å². The highest BCUT2D eigenvalue weighted by Gasteiger charge is 2.76. The summed E-state index contributed by atoms with van der Waals surface area (Å²) in [6.45, 7) is 7.44. The van der Waals surface area contributed by atoms with Crippen molar-refractivity contribution in [2.24, 2.45) is 22.7 Å². The van der Waals surface area contributed by atoms with Crippen molar-refractivity contribution in [1.29, 1.82) is 0 Å². The second-order valence-corrected chi connectivity index (χ2v) is 20.2. The second-order valence-electron chi connectivity index (χ2n) is 20.2. The van der Waals surface area contributed by atoms with E-state index < -0.39 is 47.6 Å². The molecule has 1 unspecified atom stereocenters. The molecule has 62 heavy (non-hydrogen) atoms. The predicted octanol–water partition coefficient (Wildman–Crippen LogP) is 5.58. The van der Waals surface area contributed by atoms with Crippen LogP contribution < -0.4 is 10.6 Å². The quantitative estimate of drug-likeness (QED) is 0.184. The third-order valence-electron chi connectivity index (χ3n) is 15.8. The number of rotatable bonds is 9. The maximum atomic E-state index is 15.0. The molecular formula is C50H57N3O9. The van der Waals surface area contributed by atoms with Gasteiger partial charge in [-0.05, 0) is 96.2 Å². The van der Waals surface area contributed by atoms with E-state index in [0.717, 1.165) is 41.5 Å². The molecule has 3 N–H and O–H groups in total. The van der Waals surface area contributed by atoms with Gasteiger partial charge in [0.05, 0.1) is 24.9 Å². The fraction of sp³-hybridized carbons (Fsp3) is 0.540. The Morgan fingerprint density at radius 3 is 2.45 bits per heavy atom. The van der Waals surface area contributed by atoms with Crippen molar-refractivity contribution < 1.29 is 43.3 Å². The molecule has 2 amide bonds. The summed E-state index contributed by atoms with van der Waals surface area (Å²) < 4.78 is 26.3. The maximum Gasteiger partial charge on any atom is 0.327 e. The van der Waals surface area contributed by atoms with Crippen molar-refractivity contribution in [3.63, 3.8) is 0 Å². The number of hydrogen-bond acceptors (Lipinski definition) is 10. The van der Waals surface area contributed by atoms with E-state index in [1.165, 1.54) is 18.4 Å². The van der Waals surface area contributed by atoms with Crippen LogP contribution in [-0.4, -0.2) is 89.1 Å². The highest BCUT2D eigenvalue weighted by molar-refractivity contribution is 5.95. The third kappa shape index (κ3) is 6.67. The molecule has 3 aromatic carbocycles. The molecule has 11 rings (SSSR count). The van der Waals surface area contributed by atoms with E-state index in [4.69, 9.17) is 23.8 Å². The standard InChI is InChI=1S/C50H57N3O9/c1-47(2)25-36-32(14-15-39-48(3,59-39)17-16-37(36)47)21-29-8-6-10-31(20-29)28-53-42-45(56)58-38-26-50(42,46(57)52-27-30-9-7-13-33(22-30)44(55)51-18-19-54)43(62-53)41-40(38)60-49(61-41)23-34-11-4-5-12-35(34)24-49/h4-13,20-22,36-43,54H,14-19,23-28H2,1-3H3,(H,51,55)(H,52,57)/t36-,37-,38-,39?,40+,41+,42+,43-,48-,50+/m1/s1. The Morgan fingerprint density at radius 1 is 0.887 bits per heavy atom. The molecule has 0 aromatic heterocycles. The molecule has 10 atom stereocenters. The Morgan fingerprint density at radius 2 is 1.66 bits per heavy atom. The normalized spacial score (nSPS) is 36.2. The molecule has 12 heteroatoms. The van der Waals surface area contributed by atoms with Gasteiger partial charge in [-0.15, -0.1) is 0 Å². The highest BCUT2D eigenvalue weighted by Crippen LogP contribution is 2.61. The lowest BCUT2D eigenvalue weighted by atomic mass is 9.52. The molecule has 3 saturated carbocycles. The van der Waals surface area contributed by atoms with Crippen molar-refractivity contribution in [3.05, 3.63) is 112 Å². The zero-order chi connectivity index (χ0) is 42.6. The minimum atomic E-state index is -1.35. The van der Waals surface area contributed by atoms with Crippen molar-refractivity contribution in [2.45, 2.75) is 133 Å². The average molecular weight is 844 g/mol. The number of aliphatic hydroxyl groups excluding tert-OH is 1. The monoisotopic (exact) mass is 843 g/mol. The number of hydroxylamine groups is 2. The van der Waals surface area contributed by atoms with Crippen molar-refractivity contribution >= 4 is 23.9 Å². The number of carbonyl (C=O) groups is 3. The van der Waals surface area contributed by atoms with Gasteiger partial charge in [0.25, 0.3) is 5.91 Å². The number of fused-ring (bicyclic) bond motifs is 7. The summed E-state index contributed by atoms with van der Waals surface area (Å²) in [4.78, 5) is 49.1. The van der Waals surface area contributed by atoms with Gasteiger partial charge in [0, 0.05) is 37.9 Å². The third-order valence-corrected chi connectivity index (χ3v) is 15.8. The summed E-state index contributed by atoms with van der Waals surface area (Å²) in [6.07, 6.45) is 6.74. The molecule has 4 saturated heterocycles. The zero-order valence-electron chi connectivity index (χ0n) is 35.8. The van der Waals surface area contributed by atoms with Gasteiger partial charge in [0.15, 0.2) is 11.8 Å². The van der Waals surface area contributed by atoms with Crippen LogP contribution >= 0.6 is 0 Å². The van der Waals surface area contributed by atoms with E-state index in [-0.39, 0.29) is 50.1 Å². The lowest BCUT2D eigenvalue weighted by Gasteiger charge is -2.53. The number of epoxide rings is 1. The number of nitrogens with zero attached hydrogens (tertiary/aromatic N) is 1. The molecule has 12 nitrogen and oxygen atoms in total. The van der Waals surface area contributed by atoms with E-state index in [0.29, 0.717) is 47.3 Å². The summed E-state index contributed by atoms with van der Waals surface area (Å²) in [5.74, 6) is -0.937. The Hall–Kier alpha value is -4.43. The molecule has 3 aromatic rings. The first-order valence-corrected chi connectivity index (χ1v) is 22.7. The van der Waals surface area contributed by atoms with Gasteiger partial charge >= 0.3 is 5.97 Å². The van der Waals surface area contributed by atoms with Crippen LogP contribution in [0.25, 0.3) is 6.08 Å². The number of esters is 1. The van der Waals surface area contributed by atoms with E-state index in [9.17, 15) is 14.7 Å². The first-order chi connectivity index (χ1) is 29.9. The summed E-state index contributed by atoms with van der Waals surface area (Å²) in [6, 6.07) is 22.6. The molecule has 1 spiro atoms. The van der Waals surface area contributed by atoms with E-state index >= 15 is 4.79 Å². The summed E-state index contributed by atoms with van der Waals surface area (Å²) >= 11 is 0. The van der Waals surface area contributed by atoms with E-state index in [1.54, 1.807) is 23.3 Å². The molecule has 8 aliphatic rings. The number of allylic oxidation sites excluding steroid dienone is 1. The molecule has 326 valence electrons. The summed E-state index contributed by atoms with van der Waals surface area (Å²) in [5, 5.41) is 16.7. The lowest BCUT2D eigenvalue weighted by Crippen LogP contribution is -2.69. The van der Waals surface area contributed by atoms with E-state index in [2.05, 4.69) is 67.8 Å². The fourth-order valence-corrected chi connectivity index (χ4v) is 12.6. The van der Waals surface area contributed by atoms with Crippen LogP contribution in [0.4, 0.5) is 0 Å². The number of ether oxygens (including phenoxy) is 4. The van der Waals surface area contributed by atoms with Gasteiger partial charge in [-0.2, -0.15) is 5.06 Å². The van der Waals surface area contributed by atoms with Gasteiger partial charge < -0.3 is 34.7 Å². The lowest BCUT2D eigenvalue weighted by molar-refractivity contribution is -0.217.